The molecule has 4 aromatic rings. The molecule has 6 rings (SSSR count). The average Bonchev–Trinajstić information content (AvgIpc) is 3.55. The SMILES string of the molecule is CC(C)(C)c1c[c-]c2c(c1)-c1cc(C(C)(C)C)ccc1C2.CC1=[C-]C(C)C=C1c1ccccc1.CC[C](=[Zr+2])c1ccccc1.[Cl-].[Cl-]. The standard InChI is InChI=1S/C21H25.C13H13.C9H10.2ClH.Zr/c1-20(2,3)16-9-7-14-11-15-8-10-17(21(4,5)6)13-19(15)18(14)12-16;1-10-8-11(2)13(9-10)12-6-4-3-5-7-12;1-2-6-9-7-4-3-5-8-9;;;/h7,9-10,12-13H,11H2,1-6H3;3-7,9-10H,1-2H3;3-5,7-8H,2H2,1H3;2*1H;/q2*-1;;;;+2/p-2. The first-order valence-electron chi connectivity index (χ1n) is 16.0. The number of benzene rings is 4. The number of halogens is 2. The zero-order valence-corrected chi connectivity index (χ0v) is 33.0. The fourth-order valence-electron chi connectivity index (χ4n) is 5.59. The second kappa shape index (κ2) is 17.2. The smallest absolute Gasteiger partial charge is 1.00 e. The molecule has 0 spiro atoms. The molecule has 4 aromatic carbocycles. The summed E-state index contributed by atoms with van der Waals surface area (Å²) in [5.41, 5.74) is 14.1. The van der Waals surface area contributed by atoms with Crippen LogP contribution in [0.25, 0.3) is 16.7 Å². The molecule has 0 fully saturated rings. The molecule has 0 saturated carbocycles. The molecule has 2 aliphatic carbocycles. The summed E-state index contributed by atoms with van der Waals surface area (Å²) in [6.45, 7) is 20.1. The summed E-state index contributed by atoms with van der Waals surface area (Å²) in [7, 11) is 0. The Labute approximate surface area is 307 Å². The van der Waals surface area contributed by atoms with Crippen LogP contribution in [0, 0.1) is 18.1 Å². The maximum absolute atomic E-state index is 3.53. The summed E-state index contributed by atoms with van der Waals surface area (Å²) in [4.78, 5) is 0. The van der Waals surface area contributed by atoms with Gasteiger partial charge in [-0.15, -0.1) is 11.1 Å². The van der Waals surface area contributed by atoms with Crippen LogP contribution < -0.4 is 24.8 Å². The van der Waals surface area contributed by atoms with E-state index in [2.05, 4.69) is 165 Å². The Hall–Kier alpha value is -2.31. The molecule has 0 saturated heterocycles. The molecule has 240 valence electrons. The van der Waals surface area contributed by atoms with Crippen LogP contribution in [0.5, 0.6) is 0 Å². The molecule has 1 unspecified atom stereocenters. The molecule has 0 nitrogen and oxygen atoms in total. The van der Waals surface area contributed by atoms with Gasteiger partial charge in [0.05, 0.1) is 0 Å². The van der Waals surface area contributed by atoms with Crippen LogP contribution in [0.1, 0.15) is 102 Å². The normalized spacial score (nSPS) is 14.5. The summed E-state index contributed by atoms with van der Waals surface area (Å²) in [5, 5.41) is 0. The van der Waals surface area contributed by atoms with Gasteiger partial charge < -0.3 is 24.8 Å². The van der Waals surface area contributed by atoms with Crippen LogP contribution in [-0.4, -0.2) is 3.21 Å². The predicted molar refractivity (Wildman–Crippen MR) is 188 cm³/mol. The van der Waals surface area contributed by atoms with Gasteiger partial charge in [0.25, 0.3) is 0 Å². The van der Waals surface area contributed by atoms with Gasteiger partial charge in [0.1, 0.15) is 0 Å². The number of rotatable bonds is 3. The quantitative estimate of drug-likeness (QED) is 0.222. The van der Waals surface area contributed by atoms with Gasteiger partial charge in [-0.2, -0.15) is 41.0 Å². The van der Waals surface area contributed by atoms with E-state index in [0.29, 0.717) is 5.92 Å². The minimum absolute atomic E-state index is 0. The molecule has 0 aromatic heterocycles. The molecule has 0 N–H and O–H groups in total. The first-order valence-corrected chi connectivity index (χ1v) is 17.2. The summed E-state index contributed by atoms with van der Waals surface area (Å²) in [5.74, 6) is 0.468. The third-order valence-corrected chi connectivity index (χ3v) is 9.93. The Morgan fingerprint density at radius 1 is 0.783 bits per heavy atom. The number of hydrogen-bond acceptors (Lipinski definition) is 0. The van der Waals surface area contributed by atoms with E-state index < -0.39 is 0 Å². The minimum Gasteiger partial charge on any atom is -1.00 e. The molecule has 0 radical (unpaired) electrons. The van der Waals surface area contributed by atoms with Crippen molar-refractivity contribution in [3.8, 4) is 11.1 Å². The van der Waals surface area contributed by atoms with E-state index in [0.717, 1.165) is 6.42 Å². The topological polar surface area (TPSA) is 0 Å². The Morgan fingerprint density at radius 3 is 1.87 bits per heavy atom. The molecular weight excluding hydrogens is 679 g/mol. The second-order valence-corrected chi connectivity index (χ2v) is 15.5. The zero-order chi connectivity index (χ0) is 32.1. The monoisotopic (exact) mass is 724 g/mol. The van der Waals surface area contributed by atoms with E-state index in [1.807, 2.05) is 6.07 Å². The van der Waals surface area contributed by atoms with Crippen LogP contribution in [0.2, 0.25) is 0 Å². The molecule has 3 heteroatoms. The molecule has 0 bridgehead atoms. The van der Waals surface area contributed by atoms with Gasteiger partial charge in [0.15, 0.2) is 0 Å². The van der Waals surface area contributed by atoms with Crippen molar-refractivity contribution in [3.63, 3.8) is 0 Å². The largest absolute Gasteiger partial charge is 1.00 e. The van der Waals surface area contributed by atoms with E-state index in [4.69, 9.17) is 0 Å². The van der Waals surface area contributed by atoms with E-state index >= 15 is 0 Å². The van der Waals surface area contributed by atoms with Gasteiger partial charge in [-0.25, -0.2) is 5.57 Å². The van der Waals surface area contributed by atoms with E-state index in [1.54, 1.807) is 3.21 Å². The van der Waals surface area contributed by atoms with Gasteiger partial charge in [-0.3, -0.25) is 6.08 Å². The van der Waals surface area contributed by atoms with Crippen molar-refractivity contribution in [2.75, 3.05) is 0 Å². The Balaban J connectivity index is 0.000000254. The van der Waals surface area contributed by atoms with Gasteiger partial charge in [0.2, 0.25) is 0 Å². The van der Waals surface area contributed by atoms with Gasteiger partial charge in [-0.05, 0) is 17.4 Å². The van der Waals surface area contributed by atoms with Crippen molar-refractivity contribution >= 4 is 8.78 Å². The van der Waals surface area contributed by atoms with Gasteiger partial charge >= 0.3 is 76.7 Å². The maximum atomic E-state index is 3.53. The third-order valence-electron chi connectivity index (χ3n) is 8.35. The van der Waals surface area contributed by atoms with Crippen LogP contribution in [0.3, 0.4) is 0 Å². The fourth-order valence-corrected chi connectivity index (χ4v) is 6.00. The van der Waals surface area contributed by atoms with Crippen molar-refractivity contribution in [1.82, 2.24) is 0 Å². The van der Waals surface area contributed by atoms with Crippen molar-refractivity contribution in [3.05, 3.63) is 148 Å². The van der Waals surface area contributed by atoms with Crippen LogP contribution in [0.15, 0.2) is 103 Å². The molecule has 46 heavy (non-hydrogen) atoms. The average molecular weight is 727 g/mol. The van der Waals surface area contributed by atoms with Crippen molar-refractivity contribution < 1.29 is 49.0 Å². The fraction of sp³-hybridized carbons (Fsp3) is 0.326. The summed E-state index contributed by atoms with van der Waals surface area (Å²) in [6.07, 6.45) is 7.87. The van der Waals surface area contributed by atoms with E-state index in [-0.39, 0.29) is 35.6 Å². The van der Waals surface area contributed by atoms with E-state index in [9.17, 15) is 0 Å². The van der Waals surface area contributed by atoms with Crippen LogP contribution in [0.4, 0.5) is 0 Å². The third kappa shape index (κ3) is 10.3. The molecule has 0 amide bonds. The van der Waals surface area contributed by atoms with Crippen LogP contribution in [-0.2, 0) is 41.5 Å². The number of hydrogen-bond donors (Lipinski definition) is 0. The van der Waals surface area contributed by atoms with Gasteiger partial charge in [0, 0.05) is 0 Å². The Kier molecular flexibility index (Phi) is 14.9. The van der Waals surface area contributed by atoms with Gasteiger partial charge in [-0.1, -0.05) is 126 Å². The Morgan fingerprint density at radius 2 is 1.35 bits per heavy atom. The van der Waals surface area contributed by atoms with Crippen molar-refractivity contribution in [2.24, 2.45) is 5.92 Å². The van der Waals surface area contributed by atoms with Crippen LogP contribution >= 0.6 is 0 Å². The maximum Gasteiger partial charge on any atom is -1.00 e. The number of fused-ring (bicyclic) bond motifs is 3. The minimum atomic E-state index is 0. The van der Waals surface area contributed by atoms with E-state index in [1.165, 1.54) is 86.3 Å². The zero-order valence-electron chi connectivity index (χ0n) is 29.0. The molecule has 0 heterocycles. The molecule has 1 atom stereocenters. The predicted octanol–water partition coefficient (Wildman–Crippen LogP) is 5.29. The molecular formula is C43H48Cl2Zr-2. The molecule has 0 aliphatic heterocycles. The first kappa shape index (κ1) is 39.9. The summed E-state index contributed by atoms with van der Waals surface area (Å²) < 4.78 is 1.55. The van der Waals surface area contributed by atoms with Crippen molar-refractivity contribution in [1.29, 1.82) is 0 Å². The number of allylic oxidation sites excluding steroid dienone is 4. The summed E-state index contributed by atoms with van der Waals surface area (Å²) >= 11 is 1.54. The van der Waals surface area contributed by atoms with Crippen molar-refractivity contribution in [2.45, 2.75) is 86.0 Å². The summed E-state index contributed by atoms with van der Waals surface area (Å²) in [6, 6.07) is 36.2. The first-order chi connectivity index (χ1) is 20.8. The molecule has 2 aliphatic rings. The Bertz CT molecular complexity index is 1590. The second-order valence-electron chi connectivity index (χ2n) is 14.0.